The largest absolute Gasteiger partial charge is 0.351 e. The standard InChI is InChI=1S/C15H19N7/c1-11-6-19-21(8-11)9-12-4-3-5-22(12)15-13-7-18-20(2)14(13)16-10-17-15/h6-8,10,12H,3-5,9H2,1-2H3. The molecular formula is C15H19N7. The van der Waals surface area contributed by atoms with Crippen LogP contribution >= 0.6 is 0 Å². The lowest BCUT2D eigenvalue weighted by molar-refractivity contribution is 0.507. The summed E-state index contributed by atoms with van der Waals surface area (Å²) in [6.45, 7) is 3.98. The topological polar surface area (TPSA) is 64.7 Å². The minimum absolute atomic E-state index is 0.414. The van der Waals surface area contributed by atoms with Gasteiger partial charge in [-0.05, 0) is 25.3 Å². The molecule has 3 aromatic heterocycles. The second-order valence-corrected chi connectivity index (χ2v) is 5.93. The molecular weight excluding hydrogens is 278 g/mol. The Morgan fingerprint density at radius 2 is 2.14 bits per heavy atom. The van der Waals surface area contributed by atoms with Gasteiger partial charge in [-0.25, -0.2) is 9.97 Å². The number of hydrogen-bond acceptors (Lipinski definition) is 5. The molecule has 1 saturated heterocycles. The Labute approximate surface area is 128 Å². The summed E-state index contributed by atoms with van der Waals surface area (Å²) >= 11 is 0. The monoisotopic (exact) mass is 297 g/mol. The van der Waals surface area contributed by atoms with E-state index in [1.54, 1.807) is 11.0 Å². The smallest absolute Gasteiger partial charge is 0.163 e. The highest BCUT2D eigenvalue weighted by Gasteiger charge is 2.28. The van der Waals surface area contributed by atoms with Gasteiger partial charge >= 0.3 is 0 Å². The fourth-order valence-electron chi connectivity index (χ4n) is 3.27. The zero-order valence-corrected chi connectivity index (χ0v) is 12.8. The Hall–Kier alpha value is -2.44. The third-order valence-corrected chi connectivity index (χ3v) is 4.32. The first-order valence-corrected chi connectivity index (χ1v) is 7.61. The zero-order chi connectivity index (χ0) is 15.1. The van der Waals surface area contributed by atoms with Gasteiger partial charge in [0, 0.05) is 19.8 Å². The highest BCUT2D eigenvalue weighted by atomic mass is 15.3. The van der Waals surface area contributed by atoms with Gasteiger partial charge in [0.1, 0.15) is 12.1 Å². The lowest BCUT2D eigenvalue weighted by atomic mass is 10.2. The van der Waals surface area contributed by atoms with Crippen LogP contribution in [-0.4, -0.2) is 42.1 Å². The van der Waals surface area contributed by atoms with E-state index in [9.17, 15) is 0 Å². The number of rotatable bonds is 3. The number of aryl methyl sites for hydroxylation is 2. The molecule has 114 valence electrons. The lowest BCUT2D eigenvalue weighted by Gasteiger charge is -2.26. The molecule has 0 amide bonds. The number of aromatic nitrogens is 6. The first-order chi connectivity index (χ1) is 10.7. The summed E-state index contributed by atoms with van der Waals surface area (Å²) < 4.78 is 3.82. The molecule has 0 radical (unpaired) electrons. The van der Waals surface area contributed by atoms with E-state index in [-0.39, 0.29) is 0 Å². The average Bonchev–Trinajstić information content (AvgIpc) is 3.21. The van der Waals surface area contributed by atoms with Crippen LogP contribution in [0.2, 0.25) is 0 Å². The Morgan fingerprint density at radius 1 is 1.23 bits per heavy atom. The quantitative estimate of drug-likeness (QED) is 0.733. The van der Waals surface area contributed by atoms with Crippen LogP contribution in [0.3, 0.4) is 0 Å². The molecule has 0 aliphatic carbocycles. The first-order valence-electron chi connectivity index (χ1n) is 7.61. The van der Waals surface area contributed by atoms with Gasteiger partial charge in [-0.15, -0.1) is 0 Å². The first kappa shape index (κ1) is 13.2. The van der Waals surface area contributed by atoms with Gasteiger partial charge in [0.15, 0.2) is 5.65 Å². The van der Waals surface area contributed by atoms with Crippen LogP contribution in [0.25, 0.3) is 11.0 Å². The molecule has 0 N–H and O–H groups in total. The molecule has 0 saturated carbocycles. The van der Waals surface area contributed by atoms with E-state index in [0.29, 0.717) is 6.04 Å². The van der Waals surface area contributed by atoms with Crippen LogP contribution in [0.15, 0.2) is 24.9 Å². The SMILES string of the molecule is Cc1cnn(CC2CCCN2c2ncnc3c2cnn3C)c1. The maximum absolute atomic E-state index is 4.53. The summed E-state index contributed by atoms with van der Waals surface area (Å²) in [6.07, 6.45) is 9.83. The lowest BCUT2D eigenvalue weighted by Crippen LogP contribution is -2.33. The van der Waals surface area contributed by atoms with Crippen LogP contribution in [0.1, 0.15) is 18.4 Å². The van der Waals surface area contributed by atoms with Crippen LogP contribution in [0, 0.1) is 6.92 Å². The molecule has 1 unspecified atom stereocenters. The van der Waals surface area contributed by atoms with Crippen molar-refractivity contribution in [3.8, 4) is 0 Å². The molecule has 1 aliphatic heterocycles. The molecule has 7 nitrogen and oxygen atoms in total. The Morgan fingerprint density at radius 3 is 2.95 bits per heavy atom. The molecule has 7 heteroatoms. The Bertz CT molecular complexity index is 803. The fraction of sp³-hybridized carbons (Fsp3) is 0.467. The van der Waals surface area contributed by atoms with Crippen molar-refractivity contribution in [3.05, 3.63) is 30.5 Å². The van der Waals surface area contributed by atoms with Gasteiger partial charge in [-0.2, -0.15) is 10.2 Å². The van der Waals surface area contributed by atoms with Crippen molar-refractivity contribution in [3.63, 3.8) is 0 Å². The summed E-state index contributed by atoms with van der Waals surface area (Å²) in [5, 5.41) is 9.75. The average molecular weight is 297 g/mol. The maximum Gasteiger partial charge on any atom is 0.163 e. The van der Waals surface area contributed by atoms with Gasteiger partial charge in [0.25, 0.3) is 0 Å². The van der Waals surface area contributed by atoms with E-state index in [2.05, 4.69) is 38.2 Å². The highest BCUT2D eigenvalue weighted by Crippen LogP contribution is 2.29. The summed E-state index contributed by atoms with van der Waals surface area (Å²) in [7, 11) is 1.91. The van der Waals surface area contributed by atoms with E-state index >= 15 is 0 Å². The van der Waals surface area contributed by atoms with Gasteiger partial charge < -0.3 is 4.90 Å². The summed E-state index contributed by atoms with van der Waals surface area (Å²) in [5.41, 5.74) is 2.08. The number of anilines is 1. The molecule has 0 spiro atoms. The van der Waals surface area contributed by atoms with Gasteiger partial charge in [0.2, 0.25) is 0 Å². The van der Waals surface area contributed by atoms with Crippen molar-refractivity contribution in [1.29, 1.82) is 0 Å². The van der Waals surface area contributed by atoms with E-state index < -0.39 is 0 Å². The molecule has 1 fully saturated rings. The van der Waals surface area contributed by atoms with Crippen LogP contribution < -0.4 is 4.90 Å². The Balaban J connectivity index is 1.67. The van der Waals surface area contributed by atoms with E-state index in [4.69, 9.17) is 0 Å². The van der Waals surface area contributed by atoms with Crippen molar-refractivity contribution >= 4 is 16.9 Å². The predicted octanol–water partition coefficient (Wildman–Crippen LogP) is 1.54. The van der Waals surface area contributed by atoms with Crippen LogP contribution in [-0.2, 0) is 13.6 Å². The molecule has 4 heterocycles. The van der Waals surface area contributed by atoms with Crippen molar-refractivity contribution in [2.45, 2.75) is 32.4 Å². The number of fused-ring (bicyclic) bond motifs is 1. The third-order valence-electron chi connectivity index (χ3n) is 4.32. The van der Waals surface area contributed by atoms with Crippen molar-refractivity contribution < 1.29 is 0 Å². The fourth-order valence-corrected chi connectivity index (χ4v) is 3.27. The molecule has 3 aromatic rings. The van der Waals surface area contributed by atoms with Crippen LogP contribution in [0.5, 0.6) is 0 Å². The molecule has 1 aliphatic rings. The number of hydrogen-bond donors (Lipinski definition) is 0. The van der Waals surface area contributed by atoms with Crippen LogP contribution in [0.4, 0.5) is 5.82 Å². The van der Waals surface area contributed by atoms with E-state index in [1.807, 2.05) is 24.1 Å². The zero-order valence-electron chi connectivity index (χ0n) is 12.8. The van der Waals surface area contributed by atoms with Crippen molar-refractivity contribution in [2.24, 2.45) is 7.05 Å². The van der Waals surface area contributed by atoms with Gasteiger partial charge in [-0.3, -0.25) is 9.36 Å². The second kappa shape index (κ2) is 5.08. The van der Waals surface area contributed by atoms with Gasteiger partial charge in [-0.1, -0.05) is 0 Å². The van der Waals surface area contributed by atoms with Crippen molar-refractivity contribution in [1.82, 2.24) is 29.5 Å². The molecule has 0 aromatic carbocycles. The minimum Gasteiger partial charge on any atom is -0.351 e. The predicted molar refractivity (Wildman–Crippen MR) is 83.6 cm³/mol. The maximum atomic E-state index is 4.53. The Kier molecular flexibility index (Phi) is 3.06. The van der Waals surface area contributed by atoms with Crippen molar-refractivity contribution in [2.75, 3.05) is 11.4 Å². The summed E-state index contributed by atoms with van der Waals surface area (Å²) in [6, 6.07) is 0.414. The number of nitrogens with zero attached hydrogens (tertiary/aromatic N) is 7. The molecule has 4 rings (SSSR count). The second-order valence-electron chi connectivity index (χ2n) is 5.93. The van der Waals surface area contributed by atoms with E-state index in [0.717, 1.165) is 36.4 Å². The normalized spacial score (nSPS) is 18.5. The molecule has 1 atom stereocenters. The highest BCUT2D eigenvalue weighted by molar-refractivity contribution is 5.86. The molecule has 0 bridgehead atoms. The summed E-state index contributed by atoms with van der Waals surface area (Å²) in [5.74, 6) is 0.990. The third kappa shape index (κ3) is 2.13. The van der Waals surface area contributed by atoms with Gasteiger partial charge in [0.05, 0.1) is 30.4 Å². The summed E-state index contributed by atoms with van der Waals surface area (Å²) in [4.78, 5) is 11.2. The molecule has 22 heavy (non-hydrogen) atoms. The van der Waals surface area contributed by atoms with E-state index in [1.165, 1.54) is 12.0 Å². The minimum atomic E-state index is 0.414.